The fourth-order valence-corrected chi connectivity index (χ4v) is 5.63. The highest BCUT2D eigenvalue weighted by Gasteiger charge is 2.44. The van der Waals surface area contributed by atoms with E-state index in [0.717, 1.165) is 22.7 Å². The van der Waals surface area contributed by atoms with Crippen molar-refractivity contribution < 1.29 is 19.3 Å². The number of hydrogen-bond donors (Lipinski definition) is 3. The number of aliphatic hydroxyl groups is 1. The van der Waals surface area contributed by atoms with Gasteiger partial charge in [-0.3, -0.25) is 0 Å². The van der Waals surface area contributed by atoms with Crippen molar-refractivity contribution in [2.45, 2.75) is 50.8 Å². The standard InChI is InChI=1S/C34H40N8O5/c1-3-32(25(2)43)42-33(44)40(24-39-42)29-13-9-27(10-14-29)35-17-18-36-28-11-15-30(16-12-28)45-21-31-22-46-34(47-31,23-41-37-19-20-38-41)26-7-5-4-6-8-26/h4-16,19-20,24-25,31-32,35-36,43H,3,17-18,21-23H2,1-2H3/t25-,31+,32-,34+/m0/s1. The van der Waals surface area contributed by atoms with Gasteiger partial charge in [-0.05, 0) is 61.9 Å². The molecule has 0 spiro atoms. The Hall–Kier alpha value is -4.98. The zero-order chi connectivity index (χ0) is 32.6. The second kappa shape index (κ2) is 14.6. The molecule has 6 rings (SSSR count). The third-order valence-corrected chi connectivity index (χ3v) is 8.09. The maximum absolute atomic E-state index is 12.8. The van der Waals surface area contributed by atoms with Crippen LogP contribution < -0.4 is 21.1 Å². The zero-order valence-electron chi connectivity index (χ0n) is 26.5. The van der Waals surface area contributed by atoms with Crippen molar-refractivity contribution in [1.29, 1.82) is 0 Å². The Kier molecular flexibility index (Phi) is 9.95. The van der Waals surface area contributed by atoms with Crippen molar-refractivity contribution in [3.8, 4) is 11.4 Å². The summed E-state index contributed by atoms with van der Waals surface area (Å²) < 4.78 is 21.5. The molecule has 5 aromatic rings. The summed E-state index contributed by atoms with van der Waals surface area (Å²) in [4.78, 5) is 14.4. The lowest BCUT2D eigenvalue weighted by atomic mass is 10.1. The molecule has 2 aromatic heterocycles. The third-order valence-electron chi connectivity index (χ3n) is 8.09. The molecule has 13 nitrogen and oxygen atoms in total. The molecule has 3 heterocycles. The van der Waals surface area contributed by atoms with Gasteiger partial charge in [-0.2, -0.15) is 20.1 Å². The van der Waals surface area contributed by atoms with Crippen LogP contribution in [-0.2, 0) is 21.8 Å². The second-order valence-corrected chi connectivity index (χ2v) is 11.4. The predicted octanol–water partition coefficient (Wildman–Crippen LogP) is 3.83. The first-order valence-corrected chi connectivity index (χ1v) is 15.8. The van der Waals surface area contributed by atoms with E-state index >= 15 is 0 Å². The van der Waals surface area contributed by atoms with E-state index in [1.807, 2.05) is 85.8 Å². The Labute approximate surface area is 272 Å². The van der Waals surface area contributed by atoms with E-state index in [-0.39, 0.29) is 17.8 Å². The molecular formula is C34H40N8O5. The molecule has 0 unspecified atom stereocenters. The molecule has 1 aliphatic heterocycles. The molecule has 0 amide bonds. The fourth-order valence-electron chi connectivity index (χ4n) is 5.63. The molecular weight excluding hydrogens is 600 g/mol. The summed E-state index contributed by atoms with van der Waals surface area (Å²) in [5.41, 5.74) is 3.25. The molecule has 3 aromatic carbocycles. The van der Waals surface area contributed by atoms with Crippen LogP contribution in [-0.4, -0.2) is 73.0 Å². The second-order valence-electron chi connectivity index (χ2n) is 11.4. The van der Waals surface area contributed by atoms with E-state index in [1.54, 1.807) is 24.1 Å². The Morgan fingerprint density at radius 1 is 0.957 bits per heavy atom. The van der Waals surface area contributed by atoms with Gasteiger partial charge in [-0.25, -0.2) is 14.0 Å². The van der Waals surface area contributed by atoms with E-state index in [9.17, 15) is 9.90 Å². The zero-order valence-corrected chi connectivity index (χ0v) is 26.5. The van der Waals surface area contributed by atoms with Crippen molar-refractivity contribution in [3.63, 3.8) is 0 Å². The molecule has 4 atom stereocenters. The van der Waals surface area contributed by atoms with Crippen molar-refractivity contribution in [3.05, 3.63) is 114 Å². The van der Waals surface area contributed by atoms with Gasteiger partial charge in [0, 0.05) is 30.0 Å². The van der Waals surface area contributed by atoms with E-state index in [1.165, 1.54) is 15.6 Å². The number of anilines is 2. The van der Waals surface area contributed by atoms with Gasteiger partial charge in [0.1, 0.15) is 31.3 Å². The summed E-state index contributed by atoms with van der Waals surface area (Å²) >= 11 is 0. The van der Waals surface area contributed by atoms with E-state index in [0.29, 0.717) is 45.0 Å². The number of nitrogens with zero attached hydrogens (tertiary/aromatic N) is 6. The molecule has 1 saturated heterocycles. The Bertz CT molecular complexity index is 1740. The maximum Gasteiger partial charge on any atom is 0.350 e. The van der Waals surface area contributed by atoms with Gasteiger partial charge in [-0.15, -0.1) is 0 Å². The molecule has 1 fully saturated rings. The van der Waals surface area contributed by atoms with Gasteiger partial charge in [-0.1, -0.05) is 37.3 Å². The molecule has 47 heavy (non-hydrogen) atoms. The molecule has 1 aliphatic rings. The first kappa shape index (κ1) is 32.0. The highest BCUT2D eigenvalue weighted by atomic mass is 16.8. The van der Waals surface area contributed by atoms with Crippen molar-refractivity contribution in [2.75, 3.05) is 36.9 Å². The number of ether oxygens (including phenoxy) is 3. The Morgan fingerprint density at radius 2 is 1.62 bits per heavy atom. The minimum Gasteiger partial charge on any atom is -0.491 e. The summed E-state index contributed by atoms with van der Waals surface area (Å²) in [7, 11) is 0. The van der Waals surface area contributed by atoms with Crippen LogP contribution in [0.3, 0.4) is 0 Å². The van der Waals surface area contributed by atoms with Crippen LogP contribution >= 0.6 is 0 Å². The minimum atomic E-state index is -0.986. The Morgan fingerprint density at radius 3 is 2.26 bits per heavy atom. The van der Waals surface area contributed by atoms with E-state index < -0.39 is 11.9 Å². The number of nitrogens with one attached hydrogen (secondary N) is 2. The van der Waals surface area contributed by atoms with Crippen LogP contribution in [0.4, 0.5) is 11.4 Å². The lowest BCUT2D eigenvalue weighted by molar-refractivity contribution is -0.192. The van der Waals surface area contributed by atoms with Gasteiger partial charge < -0.3 is 30.0 Å². The normalized spacial score (nSPS) is 18.9. The minimum absolute atomic E-state index is 0.258. The summed E-state index contributed by atoms with van der Waals surface area (Å²) in [5.74, 6) is -0.246. The topological polar surface area (TPSA) is 143 Å². The predicted molar refractivity (Wildman–Crippen MR) is 177 cm³/mol. The lowest BCUT2D eigenvalue weighted by Crippen LogP contribution is -2.35. The maximum atomic E-state index is 12.8. The number of aliphatic hydroxyl groups excluding tert-OH is 1. The van der Waals surface area contributed by atoms with E-state index in [2.05, 4.69) is 25.9 Å². The molecule has 0 bridgehead atoms. The van der Waals surface area contributed by atoms with Gasteiger partial charge >= 0.3 is 5.69 Å². The van der Waals surface area contributed by atoms with Crippen LogP contribution in [0.2, 0.25) is 0 Å². The summed E-state index contributed by atoms with van der Waals surface area (Å²) in [6, 6.07) is 24.9. The van der Waals surface area contributed by atoms with Crippen molar-refractivity contribution in [2.24, 2.45) is 0 Å². The highest BCUT2D eigenvalue weighted by molar-refractivity contribution is 5.50. The Balaban J connectivity index is 0.949. The van der Waals surface area contributed by atoms with Crippen LogP contribution in [0.1, 0.15) is 31.9 Å². The summed E-state index contributed by atoms with van der Waals surface area (Å²) in [5, 5.41) is 29.5. The van der Waals surface area contributed by atoms with Crippen molar-refractivity contribution >= 4 is 11.4 Å². The van der Waals surface area contributed by atoms with Crippen molar-refractivity contribution in [1.82, 2.24) is 29.3 Å². The van der Waals surface area contributed by atoms with E-state index in [4.69, 9.17) is 14.2 Å². The van der Waals surface area contributed by atoms with Gasteiger partial charge in [0.15, 0.2) is 0 Å². The smallest absolute Gasteiger partial charge is 0.350 e. The van der Waals surface area contributed by atoms with Gasteiger partial charge in [0.25, 0.3) is 0 Å². The molecule has 3 N–H and O–H groups in total. The van der Waals surface area contributed by atoms with Crippen LogP contribution in [0, 0.1) is 0 Å². The number of hydrogen-bond acceptors (Lipinski definition) is 10. The molecule has 0 saturated carbocycles. The van der Waals surface area contributed by atoms with Crippen LogP contribution in [0.5, 0.6) is 5.75 Å². The third kappa shape index (κ3) is 7.54. The molecule has 0 aliphatic carbocycles. The first-order valence-electron chi connectivity index (χ1n) is 15.8. The quantitative estimate of drug-likeness (QED) is 0.145. The molecule has 0 radical (unpaired) electrons. The van der Waals surface area contributed by atoms with Crippen LogP contribution in [0.25, 0.3) is 5.69 Å². The summed E-state index contributed by atoms with van der Waals surface area (Å²) in [6.07, 6.45) is 4.44. The number of benzene rings is 3. The van der Waals surface area contributed by atoms with Crippen LogP contribution in [0.15, 0.2) is 102 Å². The average Bonchev–Trinajstić information content (AvgIpc) is 3.85. The number of rotatable bonds is 15. The molecule has 246 valence electrons. The van der Waals surface area contributed by atoms with Gasteiger partial charge in [0.2, 0.25) is 5.79 Å². The summed E-state index contributed by atoms with van der Waals surface area (Å²) in [6.45, 7) is 6.04. The number of aromatic nitrogens is 6. The monoisotopic (exact) mass is 640 g/mol. The van der Waals surface area contributed by atoms with Gasteiger partial charge in [0.05, 0.1) is 36.8 Å². The SMILES string of the molecule is CC[C@@H]([C@H](C)O)n1ncn(-c2ccc(NCCNc3ccc(OC[C@@H]4CO[C@@](Cn5nccn5)(c5ccccc5)O4)cc3)cc2)c1=O. The highest BCUT2D eigenvalue weighted by Crippen LogP contribution is 2.36. The lowest BCUT2D eigenvalue weighted by Gasteiger charge is -2.28. The first-order chi connectivity index (χ1) is 22.9. The largest absolute Gasteiger partial charge is 0.491 e. The fraction of sp³-hybridized carbons (Fsp3) is 0.353. The molecule has 13 heteroatoms. The average molecular weight is 641 g/mol.